The molecule has 1 N–H and O–H groups in total. The minimum absolute atomic E-state index is 0.00704. The lowest BCUT2D eigenvalue weighted by Crippen LogP contribution is -2.14. The molecule has 0 fully saturated rings. The second-order valence-corrected chi connectivity index (χ2v) is 5.15. The summed E-state index contributed by atoms with van der Waals surface area (Å²) in [7, 11) is 1.52. The molecule has 0 atom stereocenters. The lowest BCUT2D eigenvalue weighted by molar-refractivity contribution is -0.0514. The van der Waals surface area contributed by atoms with E-state index in [0.29, 0.717) is 31.0 Å². The number of alkyl halides is 2. The van der Waals surface area contributed by atoms with Gasteiger partial charge in [0.05, 0.1) is 13.7 Å². The second kappa shape index (κ2) is 9.17. The molecule has 2 aromatic carbocycles. The van der Waals surface area contributed by atoms with Gasteiger partial charge >= 0.3 is 6.61 Å². The highest BCUT2D eigenvalue weighted by Crippen LogP contribution is 2.30. The molecule has 0 unspecified atom stereocenters. The first-order valence-electron chi connectivity index (χ1n) is 7.77. The molecule has 2 rings (SSSR count). The third-order valence-electron chi connectivity index (χ3n) is 3.41. The number of nitrogens with one attached hydrogen (secondary N) is 1. The van der Waals surface area contributed by atoms with Crippen LogP contribution in [0.2, 0.25) is 0 Å². The monoisotopic (exact) mass is 355 g/mol. The largest absolute Gasteiger partial charge is 0.496 e. The van der Waals surface area contributed by atoms with E-state index < -0.39 is 6.61 Å². The number of methoxy groups -OCH3 is 1. The molecule has 0 spiro atoms. The van der Waals surface area contributed by atoms with Gasteiger partial charge in [0.1, 0.15) is 11.6 Å². The summed E-state index contributed by atoms with van der Waals surface area (Å²) in [5.41, 5.74) is 1.51. The van der Waals surface area contributed by atoms with Crippen molar-refractivity contribution < 1.29 is 27.4 Å². The highest BCUT2D eigenvalue weighted by Gasteiger charge is 2.12. The fraction of sp³-hybridized carbons (Fsp3) is 0.333. The van der Waals surface area contributed by atoms with E-state index in [1.54, 1.807) is 25.1 Å². The molecular formula is C18H20F3NO3. The minimum Gasteiger partial charge on any atom is -0.496 e. The number of benzene rings is 2. The van der Waals surface area contributed by atoms with Gasteiger partial charge in [-0.05, 0) is 42.8 Å². The number of hydrogen-bond donors (Lipinski definition) is 1. The fourth-order valence-corrected chi connectivity index (χ4v) is 2.35. The minimum atomic E-state index is -2.91. The first-order valence-corrected chi connectivity index (χ1v) is 7.77. The smallest absolute Gasteiger partial charge is 0.387 e. The van der Waals surface area contributed by atoms with E-state index in [2.05, 4.69) is 10.1 Å². The van der Waals surface area contributed by atoms with Crippen LogP contribution in [0.1, 0.15) is 18.1 Å². The average Bonchev–Trinajstić information content (AvgIpc) is 2.57. The average molecular weight is 355 g/mol. The topological polar surface area (TPSA) is 39.7 Å². The molecule has 136 valence electrons. The Morgan fingerprint density at radius 3 is 2.44 bits per heavy atom. The molecule has 4 nitrogen and oxygen atoms in total. The van der Waals surface area contributed by atoms with Crippen molar-refractivity contribution in [3.05, 3.63) is 53.3 Å². The first-order chi connectivity index (χ1) is 12.0. The summed E-state index contributed by atoms with van der Waals surface area (Å²) in [5.74, 6) is 0.493. The molecule has 25 heavy (non-hydrogen) atoms. The van der Waals surface area contributed by atoms with E-state index in [4.69, 9.17) is 9.47 Å². The van der Waals surface area contributed by atoms with Crippen molar-refractivity contribution in [2.24, 2.45) is 0 Å². The van der Waals surface area contributed by atoms with E-state index >= 15 is 0 Å². The van der Waals surface area contributed by atoms with Crippen molar-refractivity contribution in [3.63, 3.8) is 0 Å². The summed E-state index contributed by atoms with van der Waals surface area (Å²) in [6.07, 6.45) is 0. The van der Waals surface area contributed by atoms with Crippen molar-refractivity contribution in [1.82, 2.24) is 5.32 Å². The summed E-state index contributed by atoms with van der Waals surface area (Å²) < 4.78 is 53.1. The maximum Gasteiger partial charge on any atom is 0.387 e. The Balaban J connectivity index is 2.03. The number of hydrogen-bond acceptors (Lipinski definition) is 4. The molecule has 0 heterocycles. The molecule has 0 bridgehead atoms. The summed E-state index contributed by atoms with van der Waals surface area (Å²) in [6, 6.07) is 9.04. The Morgan fingerprint density at radius 2 is 1.76 bits per heavy atom. The molecule has 0 amide bonds. The molecule has 0 radical (unpaired) electrons. The lowest BCUT2D eigenvalue weighted by atomic mass is 10.1. The van der Waals surface area contributed by atoms with Gasteiger partial charge in [0.25, 0.3) is 0 Å². The van der Waals surface area contributed by atoms with Gasteiger partial charge in [-0.2, -0.15) is 8.78 Å². The van der Waals surface area contributed by atoms with Crippen molar-refractivity contribution in [2.45, 2.75) is 26.6 Å². The van der Waals surface area contributed by atoms with Crippen LogP contribution >= 0.6 is 0 Å². The Hall–Kier alpha value is -2.41. The predicted molar refractivity (Wildman–Crippen MR) is 87.7 cm³/mol. The van der Waals surface area contributed by atoms with Gasteiger partial charge in [-0.1, -0.05) is 6.07 Å². The zero-order valence-electron chi connectivity index (χ0n) is 14.0. The van der Waals surface area contributed by atoms with Crippen LogP contribution in [0.4, 0.5) is 13.2 Å². The van der Waals surface area contributed by atoms with Gasteiger partial charge in [-0.3, -0.25) is 0 Å². The number of rotatable bonds is 9. The van der Waals surface area contributed by atoms with Crippen LogP contribution < -0.4 is 19.5 Å². The van der Waals surface area contributed by atoms with Gasteiger partial charge in [0, 0.05) is 18.7 Å². The van der Waals surface area contributed by atoms with Gasteiger partial charge in [-0.25, -0.2) is 4.39 Å². The van der Waals surface area contributed by atoms with Crippen LogP contribution in [0.25, 0.3) is 0 Å². The Bertz CT molecular complexity index is 695. The van der Waals surface area contributed by atoms with Crippen LogP contribution in [0, 0.1) is 5.82 Å². The number of halogens is 3. The molecule has 0 aliphatic carbocycles. The molecule has 0 aliphatic rings. The van der Waals surface area contributed by atoms with Gasteiger partial charge in [-0.15, -0.1) is 0 Å². The van der Waals surface area contributed by atoms with Crippen LogP contribution in [0.5, 0.6) is 17.2 Å². The lowest BCUT2D eigenvalue weighted by Gasteiger charge is -2.14. The zero-order valence-corrected chi connectivity index (χ0v) is 14.0. The second-order valence-electron chi connectivity index (χ2n) is 5.15. The highest BCUT2D eigenvalue weighted by molar-refractivity contribution is 5.43. The van der Waals surface area contributed by atoms with Crippen LogP contribution in [-0.2, 0) is 13.1 Å². The standard InChI is InChI=1S/C18H20F3NO3/c1-3-24-17-8-12(4-6-16(17)25-18(20)21)10-22-11-13-9-14(19)5-7-15(13)23-2/h4-9,18,22H,3,10-11H2,1-2H3. The van der Waals surface area contributed by atoms with Crippen molar-refractivity contribution in [3.8, 4) is 17.2 Å². The van der Waals surface area contributed by atoms with E-state index in [1.165, 1.54) is 25.3 Å². The van der Waals surface area contributed by atoms with Crippen molar-refractivity contribution in [2.75, 3.05) is 13.7 Å². The molecule has 0 aromatic heterocycles. The maximum absolute atomic E-state index is 13.3. The quantitative estimate of drug-likeness (QED) is 0.734. The SMILES string of the molecule is CCOc1cc(CNCc2cc(F)ccc2OC)ccc1OC(F)F. The first kappa shape index (κ1) is 18.9. The van der Waals surface area contributed by atoms with E-state index in [-0.39, 0.29) is 17.3 Å². The molecule has 0 aliphatic heterocycles. The molecule has 0 saturated carbocycles. The Labute approximate surface area is 144 Å². The Morgan fingerprint density at radius 1 is 1.00 bits per heavy atom. The predicted octanol–water partition coefficient (Wildman–Crippen LogP) is 4.12. The summed E-state index contributed by atoms with van der Waals surface area (Å²) in [4.78, 5) is 0. The van der Waals surface area contributed by atoms with Crippen LogP contribution in [0.15, 0.2) is 36.4 Å². The maximum atomic E-state index is 13.3. The van der Waals surface area contributed by atoms with Crippen LogP contribution in [0.3, 0.4) is 0 Å². The van der Waals surface area contributed by atoms with Gasteiger partial charge < -0.3 is 19.5 Å². The summed E-state index contributed by atoms with van der Waals surface area (Å²) in [5, 5.41) is 3.16. The molecular weight excluding hydrogens is 335 g/mol. The van der Waals surface area contributed by atoms with Crippen LogP contribution in [-0.4, -0.2) is 20.3 Å². The molecule has 7 heteroatoms. The van der Waals surface area contributed by atoms with Gasteiger partial charge in [0.2, 0.25) is 0 Å². The third-order valence-corrected chi connectivity index (χ3v) is 3.41. The highest BCUT2D eigenvalue weighted by atomic mass is 19.3. The zero-order chi connectivity index (χ0) is 18.2. The van der Waals surface area contributed by atoms with E-state index in [0.717, 1.165) is 5.56 Å². The third kappa shape index (κ3) is 5.56. The number of ether oxygens (including phenoxy) is 3. The Kier molecular flexibility index (Phi) is 6.94. The summed E-state index contributed by atoms with van der Waals surface area (Å²) >= 11 is 0. The molecule has 0 saturated heterocycles. The molecule has 2 aromatic rings. The normalized spacial score (nSPS) is 10.8. The fourth-order valence-electron chi connectivity index (χ4n) is 2.35. The van der Waals surface area contributed by atoms with E-state index in [1.807, 2.05) is 0 Å². The summed E-state index contributed by atoms with van der Waals surface area (Å²) in [6.45, 7) is 0.00252. The van der Waals surface area contributed by atoms with Crippen molar-refractivity contribution >= 4 is 0 Å². The van der Waals surface area contributed by atoms with E-state index in [9.17, 15) is 13.2 Å². The van der Waals surface area contributed by atoms with Crippen molar-refractivity contribution in [1.29, 1.82) is 0 Å². The van der Waals surface area contributed by atoms with Gasteiger partial charge in [0.15, 0.2) is 11.5 Å².